The first kappa shape index (κ1) is 16.3. The first-order valence-electron chi connectivity index (χ1n) is 7.79. The first-order chi connectivity index (χ1) is 12.6. The van der Waals surface area contributed by atoms with Crippen molar-refractivity contribution in [1.29, 1.82) is 0 Å². The van der Waals surface area contributed by atoms with Gasteiger partial charge in [-0.3, -0.25) is 9.36 Å². The largest absolute Gasteiger partial charge is 0.420 e. The van der Waals surface area contributed by atoms with Gasteiger partial charge in [0.05, 0.1) is 27.6 Å². The number of fused-ring (bicyclic) bond motifs is 1. The van der Waals surface area contributed by atoms with Crippen molar-refractivity contribution in [3.8, 4) is 5.69 Å². The second-order valence-corrected chi connectivity index (χ2v) is 6.51. The molecule has 2 heterocycles. The van der Waals surface area contributed by atoms with Crippen molar-refractivity contribution in [3.05, 3.63) is 75.9 Å². The predicted octanol–water partition coefficient (Wildman–Crippen LogP) is 3.18. The van der Waals surface area contributed by atoms with Gasteiger partial charge in [-0.2, -0.15) is 5.10 Å². The summed E-state index contributed by atoms with van der Waals surface area (Å²) in [5, 5.41) is 7.07. The van der Waals surface area contributed by atoms with Gasteiger partial charge in [0.1, 0.15) is 6.54 Å². The summed E-state index contributed by atoms with van der Waals surface area (Å²) in [5.74, 6) is -0.900. The highest BCUT2D eigenvalue weighted by Crippen LogP contribution is 2.21. The molecule has 0 bridgehead atoms. The third kappa shape index (κ3) is 3.06. The van der Waals surface area contributed by atoms with Crippen molar-refractivity contribution in [1.82, 2.24) is 14.3 Å². The highest BCUT2D eigenvalue weighted by molar-refractivity contribution is 9.10. The van der Waals surface area contributed by atoms with Gasteiger partial charge in [0.15, 0.2) is 5.58 Å². The van der Waals surface area contributed by atoms with E-state index < -0.39 is 5.76 Å². The molecule has 4 rings (SSSR count). The van der Waals surface area contributed by atoms with E-state index in [0.717, 1.165) is 10.2 Å². The first-order valence-corrected chi connectivity index (χ1v) is 8.59. The minimum absolute atomic E-state index is 0.146. The zero-order valence-electron chi connectivity index (χ0n) is 13.4. The summed E-state index contributed by atoms with van der Waals surface area (Å²) in [6.45, 7) is -0.146. The van der Waals surface area contributed by atoms with Gasteiger partial charge in [0.25, 0.3) is 0 Å². The van der Waals surface area contributed by atoms with Crippen molar-refractivity contribution in [3.63, 3.8) is 0 Å². The molecule has 0 fully saturated rings. The molecule has 0 atom stereocenters. The number of carbonyl (C=O) groups is 1. The minimum atomic E-state index is -0.564. The number of para-hydroxylation sites is 4. The van der Waals surface area contributed by atoms with Crippen LogP contribution in [0.4, 0.5) is 5.69 Å². The lowest BCUT2D eigenvalue weighted by atomic mass is 10.2. The number of hydrogen-bond donors (Lipinski definition) is 1. The summed E-state index contributed by atoms with van der Waals surface area (Å²) in [6.07, 6.45) is 3.45. The van der Waals surface area contributed by atoms with Crippen LogP contribution in [0.15, 0.2) is 74.6 Å². The number of amides is 1. The number of carbonyl (C=O) groups excluding carboxylic acids is 1. The Labute approximate surface area is 156 Å². The fraction of sp³-hybridized carbons (Fsp3) is 0.0556. The van der Waals surface area contributed by atoms with E-state index >= 15 is 0 Å². The maximum atomic E-state index is 12.5. The molecule has 0 saturated carbocycles. The topological polar surface area (TPSA) is 82.1 Å². The van der Waals surface area contributed by atoms with Gasteiger partial charge in [0, 0.05) is 6.20 Å². The highest BCUT2D eigenvalue weighted by Gasteiger charge is 2.14. The molecule has 0 spiro atoms. The van der Waals surface area contributed by atoms with Crippen LogP contribution >= 0.6 is 15.9 Å². The molecule has 1 N–H and O–H groups in total. The van der Waals surface area contributed by atoms with Gasteiger partial charge in [-0.25, -0.2) is 9.48 Å². The van der Waals surface area contributed by atoms with Crippen LogP contribution in [0.2, 0.25) is 0 Å². The highest BCUT2D eigenvalue weighted by atomic mass is 79.9. The Morgan fingerprint density at radius 1 is 1.15 bits per heavy atom. The molecule has 0 aliphatic rings. The van der Waals surface area contributed by atoms with E-state index in [1.54, 1.807) is 47.4 Å². The van der Waals surface area contributed by atoms with E-state index in [-0.39, 0.29) is 12.5 Å². The van der Waals surface area contributed by atoms with E-state index in [9.17, 15) is 9.59 Å². The summed E-state index contributed by atoms with van der Waals surface area (Å²) in [7, 11) is 0. The summed E-state index contributed by atoms with van der Waals surface area (Å²) < 4.78 is 8.94. The lowest BCUT2D eigenvalue weighted by molar-refractivity contribution is -0.116. The molecule has 0 unspecified atom stereocenters. The normalized spacial score (nSPS) is 11.0. The van der Waals surface area contributed by atoms with Gasteiger partial charge >= 0.3 is 5.76 Å². The fourth-order valence-electron chi connectivity index (χ4n) is 2.71. The Morgan fingerprint density at radius 2 is 1.92 bits per heavy atom. The molecule has 0 aliphatic heterocycles. The smallest absolute Gasteiger partial charge is 0.408 e. The fourth-order valence-corrected chi connectivity index (χ4v) is 2.99. The Kier molecular flexibility index (Phi) is 4.18. The Morgan fingerprint density at radius 3 is 2.73 bits per heavy atom. The molecule has 2 aromatic carbocycles. The third-order valence-corrected chi connectivity index (χ3v) is 4.26. The second kappa shape index (κ2) is 6.64. The predicted molar refractivity (Wildman–Crippen MR) is 100 cm³/mol. The Balaban J connectivity index is 1.61. The van der Waals surface area contributed by atoms with Crippen molar-refractivity contribution < 1.29 is 9.21 Å². The Bertz CT molecular complexity index is 1160. The molecular formula is C18H13BrN4O3. The third-order valence-electron chi connectivity index (χ3n) is 3.85. The summed E-state index contributed by atoms with van der Waals surface area (Å²) in [6, 6.07) is 14.3. The van der Waals surface area contributed by atoms with Crippen molar-refractivity contribution in [2.75, 3.05) is 5.32 Å². The standard InChI is InChI=1S/C18H13BrN4O3/c19-12-9-20-23(10-12)14-6-2-1-5-13(14)21-17(24)11-22-15-7-3-4-8-16(15)26-18(22)25/h1-10H,11H2,(H,21,24). The zero-order chi connectivity index (χ0) is 18.1. The molecule has 0 radical (unpaired) electrons. The monoisotopic (exact) mass is 412 g/mol. The molecule has 7 nitrogen and oxygen atoms in total. The number of nitrogens with zero attached hydrogens (tertiary/aromatic N) is 3. The van der Waals surface area contributed by atoms with Crippen LogP contribution in [0, 0.1) is 0 Å². The van der Waals surface area contributed by atoms with Crippen LogP contribution in [-0.4, -0.2) is 20.3 Å². The summed E-state index contributed by atoms with van der Waals surface area (Å²) in [4.78, 5) is 24.5. The van der Waals surface area contributed by atoms with E-state index in [0.29, 0.717) is 16.8 Å². The van der Waals surface area contributed by atoms with Crippen molar-refractivity contribution in [2.45, 2.75) is 6.54 Å². The lowest BCUT2D eigenvalue weighted by Gasteiger charge is -2.11. The number of anilines is 1. The number of oxazole rings is 1. The lowest BCUT2D eigenvalue weighted by Crippen LogP contribution is -2.25. The van der Waals surface area contributed by atoms with Crippen LogP contribution in [0.25, 0.3) is 16.8 Å². The maximum absolute atomic E-state index is 12.5. The molecule has 26 heavy (non-hydrogen) atoms. The van der Waals surface area contributed by atoms with Crippen LogP contribution in [0.1, 0.15) is 0 Å². The maximum Gasteiger partial charge on any atom is 0.420 e. The van der Waals surface area contributed by atoms with Gasteiger partial charge in [-0.15, -0.1) is 0 Å². The molecule has 0 saturated heterocycles. The quantitative estimate of drug-likeness (QED) is 0.557. The number of benzene rings is 2. The molecule has 4 aromatic rings. The van der Waals surface area contributed by atoms with Gasteiger partial charge < -0.3 is 9.73 Å². The average molecular weight is 413 g/mol. The van der Waals surface area contributed by atoms with Crippen LogP contribution in [-0.2, 0) is 11.3 Å². The van der Waals surface area contributed by atoms with Gasteiger partial charge in [-0.05, 0) is 40.2 Å². The number of aromatic nitrogens is 3. The van der Waals surface area contributed by atoms with E-state index in [1.807, 2.05) is 18.2 Å². The van der Waals surface area contributed by atoms with Crippen LogP contribution in [0.5, 0.6) is 0 Å². The number of nitrogens with one attached hydrogen (secondary N) is 1. The molecule has 130 valence electrons. The minimum Gasteiger partial charge on any atom is -0.408 e. The van der Waals surface area contributed by atoms with Crippen molar-refractivity contribution >= 4 is 38.6 Å². The second-order valence-electron chi connectivity index (χ2n) is 5.59. The zero-order valence-corrected chi connectivity index (χ0v) is 15.0. The van der Waals surface area contributed by atoms with Gasteiger partial charge in [-0.1, -0.05) is 24.3 Å². The molecule has 0 aliphatic carbocycles. The molecule has 8 heteroatoms. The van der Waals surface area contributed by atoms with E-state index in [1.165, 1.54) is 4.57 Å². The summed E-state index contributed by atoms with van der Waals surface area (Å²) >= 11 is 3.36. The number of rotatable bonds is 4. The SMILES string of the molecule is O=C(Cn1c(=O)oc2ccccc21)Nc1ccccc1-n1cc(Br)cn1. The summed E-state index contributed by atoms with van der Waals surface area (Å²) in [5.41, 5.74) is 2.34. The molecular weight excluding hydrogens is 400 g/mol. The number of hydrogen-bond acceptors (Lipinski definition) is 4. The van der Waals surface area contributed by atoms with E-state index in [2.05, 4.69) is 26.3 Å². The molecule has 2 aromatic heterocycles. The number of halogens is 1. The average Bonchev–Trinajstić information content (AvgIpc) is 3.19. The molecule has 1 amide bonds. The Hall–Kier alpha value is -3.13. The van der Waals surface area contributed by atoms with E-state index in [4.69, 9.17) is 4.42 Å². The van der Waals surface area contributed by atoms with Crippen molar-refractivity contribution in [2.24, 2.45) is 0 Å². The van der Waals surface area contributed by atoms with Gasteiger partial charge in [0.2, 0.25) is 5.91 Å². The van der Waals surface area contributed by atoms with Crippen LogP contribution < -0.4 is 11.1 Å². The van der Waals surface area contributed by atoms with Crippen LogP contribution in [0.3, 0.4) is 0 Å².